The molecule has 0 heterocycles. The van der Waals surface area contributed by atoms with Crippen molar-refractivity contribution in [1.29, 1.82) is 0 Å². The predicted octanol–water partition coefficient (Wildman–Crippen LogP) is 3.20. The van der Waals surface area contributed by atoms with E-state index < -0.39 is 0 Å². The Balaban J connectivity index is 2.29. The van der Waals surface area contributed by atoms with Crippen LogP contribution in [0.5, 0.6) is 0 Å². The molecule has 1 aromatic rings. The summed E-state index contributed by atoms with van der Waals surface area (Å²) in [5.41, 5.74) is 0.816. The summed E-state index contributed by atoms with van der Waals surface area (Å²) in [7, 11) is 0. The Labute approximate surface area is 104 Å². The number of carbonyl (C=O) groups excluding carboxylic acids is 1. The van der Waals surface area contributed by atoms with Crippen LogP contribution in [0.3, 0.4) is 0 Å². The third kappa shape index (κ3) is 5.28. The molecular formula is C12H16BrNO2. The molecule has 0 spiro atoms. The number of ether oxygens (including phenoxy) is 1. The maximum Gasteiger partial charge on any atom is 0.224 e. The highest BCUT2D eigenvalue weighted by Gasteiger charge is 2.02. The summed E-state index contributed by atoms with van der Waals surface area (Å²) >= 11 is 3.35. The maximum absolute atomic E-state index is 11.5. The number of benzene rings is 1. The van der Waals surface area contributed by atoms with Gasteiger partial charge in [0, 0.05) is 29.8 Å². The fourth-order valence-corrected chi connectivity index (χ4v) is 1.67. The van der Waals surface area contributed by atoms with Gasteiger partial charge in [0.25, 0.3) is 0 Å². The minimum atomic E-state index is 0.0257. The number of carbonyl (C=O) groups is 1. The van der Waals surface area contributed by atoms with Crippen LogP contribution < -0.4 is 5.32 Å². The van der Waals surface area contributed by atoms with Gasteiger partial charge in [-0.05, 0) is 31.5 Å². The summed E-state index contributed by atoms with van der Waals surface area (Å²) in [6, 6.07) is 7.55. The Morgan fingerprint density at radius 1 is 1.50 bits per heavy atom. The van der Waals surface area contributed by atoms with Crippen molar-refractivity contribution in [3.8, 4) is 0 Å². The van der Waals surface area contributed by atoms with Gasteiger partial charge in [-0.1, -0.05) is 22.0 Å². The van der Waals surface area contributed by atoms with Gasteiger partial charge in [-0.2, -0.15) is 0 Å². The molecule has 0 atom stereocenters. The van der Waals surface area contributed by atoms with Crippen molar-refractivity contribution in [3.05, 3.63) is 28.7 Å². The lowest BCUT2D eigenvalue weighted by molar-refractivity contribution is -0.116. The van der Waals surface area contributed by atoms with Crippen LogP contribution >= 0.6 is 15.9 Å². The molecule has 0 bridgehead atoms. The molecule has 0 saturated carbocycles. The van der Waals surface area contributed by atoms with Crippen molar-refractivity contribution in [1.82, 2.24) is 0 Å². The summed E-state index contributed by atoms with van der Waals surface area (Å²) in [4.78, 5) is 11.5. The lowest BCUT2D eigenvalue weighted by Crippen LogP contribution is -2.12. The quantitative estimate of drug-likeness (QED) is 0.815. The molecule has 0 fully saturated rings. The van der Waals surface area contributed by atoms with Crippen LogP contribution in [0.25, 0.3) is 0 Å². The van der Waals surface area contributed by atoms with E-state index in [1.807, 2.05) is 31.2 Å². The van der Waals surface area contributed by atoms with Crippen LogP contribution in [0.4, 0.5) is 5.69 Å². The Morgan fingerprint density at radius 3 is 3.00 bits per heavy atom. The van der Waals surface area contributed by atoms with E-state index >= 15 is 0 Å². The summed E-state index contributed by atoms with van der Waals surface area (Å²) < 4.78 is 6.12. The molecule has 4 heteroatoms. The molecule has 0 aliphatic carbocycles. The Morgan fingerprint density at radius 2 is 2.31 bits per heavy atom. The SMILES string of the molecule is CCOCCCC(=O)Nc1cccc(Br)c1. The van der Waals surface area contributed by atoms with Crippen LogP contribution in [0, 0.1) is 0 Å². The highest BCUT2D eigenvalue weighted by atomic mass is 79.9. The zero-order valence-corrected chi connectivity index (χ0v) is 10.9. The van der Waals surface area contributed by atoms with Crippen LogP contribution in [0.2, 0.25) is 0 Å². The second-order valence-electron chi connectivity index (χ2n) is 3.36. The third-order valence-electron chi connectivity index (χ3n) is 2.01. The number of hydrogen-bond acceptors (Lipinski definition) is 2. The van der Waals surface area contributed by atoms with E-state index in [-0.39, 0.29) is 5.91 Å². The summed E-state index contributed by atoms with van der Waals surface area (Å²) in [6.07, 6.45) is 1.25. The molecule has 88 valence electrons. The standard InChI is InChI=1S/C12H16BrNO2/c1-2-16-8-4-7-12(15)14-11-6-3-5-10(13)9-11/h3,5-6,9H,2,4,7-8H2,1H3,(H,14,15). The molecule has 3 nitrogen and oxygen atoms in total. The summed E-state index contributed by atoms with van der Waals surface area (Å²) in [5, 5.41) is 2.84. The molecule has 0 saturated heterocycles. The van der Waals surface area contributed by atoms with Crippen molar-refractivity contribution in [2.24, 2.45) is 0 Å². The summed E-state index contributed by atoms with van der Waals surface area (Å²) in [5.74, 6) is 0.0257. The number of amides is 1. The van der Waals surface area contributed by atoms with E-state index in [1.54, 1.807) is 0 Å². The van der Waals surface area contributed by atoms with Crippen molar-refractivity contribution < 1.29 is 9.53 Å². The average molecular weight is 286 g/mol. The molecule has 1 N–H and O–H groups in total. The normalized spacial score (nSPS) is 10.1. The van der Waals surface area contributed by atoms with Gasteiger partial charge in [0.05, 0.1) is 0 Å². The molecular weight excluding hydrogens is 270 g/mol. The smallest absolute Gasteiger partial charge is 0.224 e. The molecule has 0 unspecified atom stereocenters. The fourth-order valence-electron chi connectivity index (χ4n) is 1.27. The second-order valence-corrected chi connectivity index (χ2v) is 4.27. The van der Waals surface area contributed by atoms with E-state index in [2.05, 4.69) is 21.2 Å². The maximum atomic E-state index is 11.5. The van der Waals surface area contributed by atoms with Crippen molar-refractivity contribution in [2.75, 3.05) is 18.5 Å². The predicted molar refractivity (Wildman–Crippen MR) is 68.5 cm³/mol. The van der Waals surface area contributed by atoms with Crippen molar-refractivity contribution in [2.45, 2.75) is 19.8 Å². The molecule has 0 aliphatic rings. The zero-order valence-electron chi connectivity index (χ0n) is 9.33. The molecule has 16 heavy (non-hydrogen) atoms. The molecule has 0 radical (unpaired) electrons. The third-order valence-corrected chi connectivity index (χ3v) is 2.50. The summed E-state index contributed by atoms with van der Waals surface area (Å²) in [6.45, 7) is 3.29. The van der Waals surface area contributed by atoms with Gasteiger partial charge in [0.1, 0.15) is 0 Å². The number of anilines is 1. The lowest BCUT2D eigenvalue weighted by atomic mass is 10.3. The van der Waals surface area contributed by atoms with Crippen molar-refractivity contribution in [3.63, 3.8) is 0 Å². The van der Waals surface area contributed by atoms with Gasteiger partial charge in [-0.3, -0.25) is 4.79 Å². The van der Waals surface area contributed by atoms with Gasteiger partial charge in [-0.15, -0.1) is 0 Å². The highest BCUT2D eigenvalue weighted by molar-refractivity contribution is 9.10. The molecule has 1 aromatic carbocycles. The first kappa shape index (κ1) is 13.2. The second kappa shape index (κ2) is 7.41. The lowest BCUT2D eigenvalue weighted by Gasteiger charge is -2.05. The minimum absolute atomic E-state index is 0.0257. The Kier molecular flexibility index (Phi) is 6.11. The average Bonchev–Trinajstić information content (AvgIpc) is 2.24. The van der Waals surface area contributed by atoms with E-state index in [0.29, 0.717) is 19.6 Å². The van der Waals surface area contributed by atoms with Crippen LogP contribution in [0.15, 0.2) is 28.7 Å². The molecule has 1 amide bonds. The van der Waals surface area contributed by atoms with Crippen LogP contribution in [0.1, 0.15) is 19.8 Å². The van der Waals surface area contributed by atoms with E-state index in [0.717, 1.165) is 16.6 Å². The molecule has 1 rings (SSSR count). The van der Waals surface area contributed by atoms with Crippen molar-refractivity contribution >= 4 is 27.5 Å². The van der Waals surface area contributed by atoms with E-state index in [1.165, 1.54) is 0 Å². The Hall–Kier alpha value is -0.870. The first-order valence-corrected chi connectivity index (χ1v) is 6.15. The van der Waals surface area contributed by atoms with Gasteiger partial charge in [-0.25, -0.2) is 0 Å². The number of nitrogens with one attached hydrogen (secondary N) is 1. The Bertz CT molecular complexity index is 342. The largest absolute Gasteiger partial charge is 0.382 e. The number of hydrogen-bond donors (Lipinski definition) is 1. The minimum Gasteiger partial charge on any atom is -0.382 e. The molecule has 0 aliphatic heterocycles. The zero-order chi connectivity index (χ0) is 11.8. The van der Waals surface area contributed by atoms with Gasteiger partial charge in [0.15, 0.2) is 0 Å². The number of rotatable bonds is 6. The van der Waals surface area contributed by atoms with Gasteiger partial charge < -0.3 is 10.1 Å². The highest BCUT2D eigenvalue weighted by Crippen LogP contribution is 2.15. The monoisotopic (exact) mass is 285 g/mol. The fraction of sp³-hybridized carbons (Fsp3) is 0.417. The van der Waals surface area contributed by atoms with E-state index in [9.17, 15) is 4.79 Å². The first-order chi connectivity index (χ1) is 7.72. The number of halogens is 1. The van der Waals surface area contributed by atoms with Crippen LogP contribution in [-0.2, 0) is 9.53 Å². The molecule has 0 aromatic heterocycles. The topological polar surface area (TPSA) is 38.3 Å². The van der Waals surface area contributed by atoms with E-state index in [4.69, 9.17) is 4.74 Å². The van der Waals surface area contributed by atoms with Crippen LogP contribution in [-0.4, -0.2) is 19.1 Å². The first-order valence-electron chi connectivity index (χ1n) is 5.35. The van der Waals surface area contributed by atoms with Gasteiger partial charge >= 0.3 is 0 Å². The van der Waals surface area contributed by atoms with Gasteiger partial charge in [0.2, 0.25) is 5.91 Å².